The van der Waals surface area contributed by atoms with E-state index in [4.69, 9.17) is 9.47 Å². The van der Waals surface area contributed by atoms with Crippen LogP contribution in [-0.2, 0) is 17.9 Å². The van der Waals surface area contributed by atoms with Crippen molar-refractivity contribution in [3.63, 3.8) is 0 Å². The van der Waals surface area contributed by atoms with Gasteiger partial charge < -0.3 is 14.8 Å². The Bertz CT molecular complexity index is 784. The number of piperidine rings is 1. The molecule has 1 saturated heterocycles. The molecule has 1 heterocycles. The highest BCUT2D eigenvalue weighted by molar-refractivity contribution is 5.78. The number of benzene rings is 2. The van der Waals surface area contributed by atoms with Crippen LogP contribution in [0.15, 0.2) is 48.5 Å². The van der Waals surface area contributed by atoms with E-state index in [0.29, 0.717) is 43.0 Å². The first-order chi connectivity index (χ1) is 14.0. The highest BCUT2D eigenvalue weighted by Crippen LogP contribution is 2.29. The van der Waals surface area contributed by atoms with E-state index in [1.54, 1.807) is 7.11 Å². The third-order valence-electron chi connectivity index (χ3n) is 5.27. The Morgan fingerprint density at radius 3 is 2.45 bits per heavy atom. The average Bonchev–Trinajstić information content (AvgIpc) is 2.71. The quantitative estimate of drug-likeness (QED) is 0.736. The maximum atomic E-state index is 12.4. The summed E-state index contributed by atoms with van der Waals surface area (Å²) in [5, 5.41) is 3.03. The summed E-state index contributed by atoms with van der Waals surface area (Å²) in [5.74, 6) is 2.74. The number of hydrogen-bond acceptors (Lipinski definition) is 4. The number of ether oxygens (including phenoxy) is 2. The third-order valence-corrected chi connectivity index (χ3v) is 5.27. The van der Waals surface area contributed by atoms with Gasteiger partial charge in [-0.3, -0.25) is 9.69 Å². The predicted molar refractivity (Wildman–Crippen MR) is 115 cm³/mol. The molecule has 1 amide bonds. The largest absolute Gasteiger partial charge is 0.493 e. The minimum absolute atomic E-state index is 0.0645. The molecular formula is C24H32N2O3. The summed E-state index contributed by atoms with van der Waals surface area (Å²) in [4.78, 5) is 14.6. The molecule has 0 radical (unpaired) electrons. The number of likely N-dealkylation sites (tertiary alicyclic amines) is 1. The van der Waals surface area contributed by atoms with Gasteiger partial charge >= 0.3 is 0 Å². The van der Waals surface area contributed by atoms with Crippen molar-refractivity contribution in [1.29, 1.82) is 0 Å². The van der Waals surface area contributed by atoms with Crippen molar-refractivity contribution in [2.45, 2.75) is 33.4 Å². The van der Waals surface area contributed by atoms with Gasteiger partial charge in [0.15, 0.2) is 11.5 Å². The van der Waals surface area contributed by atoms with Crippen LogP contribution < -0.4 is 14.8 Å². The summed E-state index contributed by atoms with van der Waals surface area (Å²) in [6.45, 7) is 7.94. The minimum atomic E-state index is 0.0645. The van der Waals surface area contributed by atoms with Gasteiger partial charge in [0.2, 0.25) is 5.91 Å². The number of methoxy groups -OCH3 is 1. The van der Waals surface area contributed by atoms with Gasteiger partial charge in [0.05, 0.1) is 13.7 Å². The van der Waals surface area contributed by atoms with Gasteiger partial charge in [-0.1, -0.05) is 50.2 Å². The molecule has 0 aromatic heterocycles. The van der Waals surface area contributed by atoms with E-state index < -0.39 is 0 Å². The Labute approximate surface area is 174 Å². The van der Waals surface area contributed by atoms with E-state index >= 15 is 0 Å². The van der Waals surface area contributed by atoms with Crippen molar-refractivity contribution < 1.29 is 14.3 Å². The number of rotatable bonds is 8. The number of hydrogen-bond donors (Lipinski definition) is 1. The minimum Gasteiger partial charge on any atom is -0.493 e. The molecule has 156 valence electrons. The molecule has 5 nitrogen and oxygen atoms in total. The molecule has 1 aliphatic heterocycles. The molecule has 2 atom stereocenters. The maximum Gasteiger partial charge on any atom is 0.234 e. The molecule has 2 aromatic carbocycles. The van der Waals surface area contributed by atoms with Crippen molar-refractivity contribution in [3.8, 4) is 11.5 Å². The smallest absolute Gasteiger partial charge is 0.234 e. The monoisotopic (exact) mass is 396 g/mol. The fraction of sp³-hybridized carbons (Fsp3) is 0.458. The first kappa shape index (κ1) is 21.2. The summed E-state index contributed by atoms with van der Waals surface area (Å²) in [7, 11) is 1.63. The molecule has 1 aliphatic rings. The zero-order valence-corrected chi connectivity index (χ0v) is 17.7. The van der Waals surface area contributed by atoms with Crippen LogP contribution in [0.4, 0.5) is 0 Å². The number of carbonyl (C=O) groups is 1. The Morgan fingerprint density at radius 1 is 1.03 bits per heavy atom. The molecule has 0 aliphatic carbocycles. The van der Waals surface area contributed by atoms with Crippen molar-refractivity contribution >= 4 is 5.91 Å². The molecule has 0 spiro atoms. The molecule has 3 rings (SSSR count). The van der Waals surface area contributed by atoms with Crippen molar-refractivity contribution in [3.05, 3.63) is 59.7 Å². The van der Waals surface area contributed by atoms with E-state index in [-0.39, 0.29) is 5.91 Å². The SMILES string of the molecule is COc1cc(CNC(=O)CN2C[C@@H](C)C[C@H](C)C2)ccc1OCc1ccccc1. The highest BCUT2D eigenvalue weighted by atomic mass is 16.5. The predicted octanol–water partition coefficient (Wildman–Crippen LogP) is 3.87. The Hall–Kier alpha value is -2.53. The summed E-state index contributed by atoms with van der Waals surface area (Å²) >= 11 is 0. The van der Waals surface area contributed by atoms with Crippen LogP contribution in [0.25, 0.3) is 0 Å². The van der Waals surface area contributed by atoms with Gasteiger partial charge in [-0.25, -0.2) is 0 Å². The summed E-state index contributed by atoms with van der Waals surface area (Å²) in [5.41, 5.74) is 2.09. The number of nitrogens with one attached hydrogen (secondary N) is 1. The Kier molecular flexibility index (Phi) is 7.53. The summed E-state index contributed by atoms with van der Waals surface area (Å²) in [6, 6.07) is 15.8. The lowest BCUT2D eigenvalue weighted by molar-refractivity contribution is -0.123. The fourth-order valence-corrected chi connectivity index (χ4v) is 4.06. The zero-order chi connectivity index (χ0) is 20.6. The van der Waals surface area contributed by atoms with Crippen LogP contribution in [0.3, 0.4) is 0 Å². The van der Waals surface area contributed by atoms with Gasteiger partial charge in [-0.2, -0.15) is 0 Å². The summed E-state index contributed by atoms with van der Waals surface area (Å²) in [6.07, 6.45) is 1.25. The lowest BCUT2D eigenvalue weighted by Crippen LogP contribution is -2.44. The molecule has 1 N–H and O–H groups in total. The van der Waals surface area contributed by atoms with Crippen molar-refractivity contribution in [2.75, 3.05) is 26.7 Å². The number of carbonyl (C=O) groups excluding carboxylic acids is 1. The third kappa shape index (κ3) is 6.50. The lowest BCUT2D eigenvalue weighted by atomic mass is 9.92. The van der Waals surface area contributed by atoms with Crippen LogP contribution in [0.1, 0.15) is 31.4 Å². The van der Waals surface area contributed by atoms with E-state index in [2.05, 4.69) is 24.1 Å². The van der Waals surface area contributed by atoms with Crippen molar-refractivity contribution in [2.24, 2.45) is 11.8 Å². The van der Waals surface area contributed by atoms with Crippen LogP contribution in [0.5, 0.6) is 11.5 Å². The normalized spacial score (nSPS) is 19.6. The molecule has 29 heavy (non-hydrogen) atoms. The van der Waals surface area contributed by atoms with Gasteiger partial charge in [0.1, 0.15) is 6.61 Å². The van der Waals surface area contributed by atoms with E-state index in [9.17, 15) is 4.79 Å². The standard InChI is InChI=1S/C24H32N2O3/c1-18-11-19(2)15-26(14-18)16-24(27)25-13-21-9-10-22(23(12-21)28-3)29-17-20-7-5-4-6-8-20/h4-10,12,18-19H,11,13-17H2,1-3H3,(H,25,27)/t18-,19-/m0/s1. The Balaban J connectivity index is 1.51. The molecule has 0 saturated carbocycles. The van der Waals surface area contributed by atoms with E-state index in [1.165, 1.54) is 6.42 Å². The van der Waals surface area contributed by atoms with Crippen LogP contribution in [0.2, 0.25) is 0 Å². The first-order valence-electron chi connectivity index (χ1n) is 10.4. The molecule has 2 aromatic rings. The molecule has 5 heteroatoms. The van der Waals surface area contributed by atoms with E-state index in [1.807, 2.05) is 48.5 Å². The lowest BCUT2D eigenvalue weighted by Gasteiger charge is -2.34. The van der Waals surface area contributed by atoms with E-state index in [0.717, 1.165) is 24.2 Å². The van der Waals surface area contributed by atoms with Gasteiger partial charge in [0, 0.05) is 19.6 Å². The molecule has 0 unspecified atom stereocenters. The van der Waals surface area contributed by atoms with Crippen LogP contribution >= 0.6 is 0 Å². The second kappa shape index (κ2) is 10.3. The number of amides is 1. The van der Waals surface area contributed by atoms with Gasteiger partial charge in [-0.15, -0.1) is 0 Å². The van der Waals surface area contributed by atoms with Crippen LogP contribution in [0, 0.1) is 11.8 Å². The Morgan fingerprint density at radius 2 is 1.76 bits per heavy atom. The second-order valence-electron chi connectivity index (χ2n) is 8.18. The van der Waals surface area contributed by atoms with Crippen LogP contribution in [-0.4, -0.2) is 37.6 Å². The molecule has 1 fully saturated rings. The van der Waals surface area contributed by atoms with Gasteiger partial charge in [0.25, 0.3) is 0 Å². The average molecular weight is 397 g/mol. The maximum absolute atomic E-state index is 12.4. The summed E-state index contributed by atoms with van der Waals surface area (Å²) < 4.78 is 11.4. The second-order valence-corrected chi connectivity index (χ2v) is 8.18. The zero-order valence-electron chi connectivity index (χ0n) is 17.7. The highest BCUT2D eigenvalue weighted by Gasteiger charge is 2.23. The number of nitrogens with zero attached hydrogens (tertiary/aromatic N) is 1. The first-order valence-corrected chi connectivity index (χ1v) is 10.4. The van der Waals surface area contributed by atoms with Gasteiger partial charge in [-0.05, 0) is 41.5 Å². The topological polar surface area (TPSA) is 50.8 Å². The molecule has 0 bridgehead atoms. The van der Waals surface area contributed by atoms with Crippen molar-refractivity contribution in [1.82, 2.24) is 10.2 Å². The fourth-order valence-electron chi connectivity index (χ4n) is 4.06. The molecular weight excluding hydrogens is 364 g/mol.